The fraction of sp³-hybridized carbons (Fsp3) is 0.769. The molecule has 1 rings (SSSR count). The van der Waals surface area contributed by atoms with Crippen LogP contribution in [0.15, 0.2) is 5.38 Å². The monoisotopic (exact) mass is 304 g/mol. The number of thiazole rings is 1. The van der Waals surface area contributed by atoms with Gasteiger partial charge in [-0.2, -0.15) is 0 Å². The van der Waals surface area contributed by atoms with Gasteiger partial charge in [-0.1, -0.05) is 20.8 Å². The van der Waals surface area contributed by atoms with E-state index in [1.165, 1.54) is 6.26 Å². The zero-order valence-corrected chi connectivity index (χ0v) is 14.2. The van der Waals surface area contributed by atoms with Crippen molar-refractivity contribution in [2.24, 2.45) is 5.73 Å². The van der Waals surface area contributed by atoms with Gasteiger partial charge in [0.15, 0.2) is 9.84 Å². The number of rotatable bonds is 4. The highest BCUT2D eigenvalue weighted by molar-refractivity contribution is 7.92. The van der Waals surface area contributed by atoms with Gasteiger partial charge in [0.05, 0.1) is 15.4 Å². The van der Waals surface area contributed by atoms with Crippen LogP contribution in [0.4, 0.5) is 0 Å². The third kappa shape index (κ3) is 3.77. The molecule has 2 N–H and O–H groups in total. The summed E-state index contributed by atoms with van der Waals surface area (Å²) in [6.07, 6.45) is 1.72. The molecule has 0 spiro atoms. The summed E-state index contributed by atoms with van der Waals surface area (Å²) in [5.41, 5.74) is 7.11. The number of hydrogen-bond donors (Lipinski definition) is 1. The molecule has 0 saturated heterocycles. The first-order valence-electron chi connectivity index (χ1n) is 6.26. The second kappa shape index (κ2) is 5.14. The van der Waals surface area contributed by atoms with Crippen LogP contribution in [-0.4, -0.2) is 30.4 Å². The highest BCUT2D eigenvalue weighted by Gasteiger charge is 2.37. The van der Waals surface area contributed by atoms with Gasteiger partial charge in [-0.05, 0) is 13.8 Å². The summed E-state index contributed by atoms with van der Waals surface area (Å²) < 4.78 is 22.6. The van der Waals surface area contributed by atoms with E-state index >= 15 is 0 Å². The van der Waals surface area contributed by atoms with Gasteiger partial charge in [0.2, 0.25) is 0 Å². The lowest BCUT2D eigenvalue weighted by molar-refractivity contribution is 0.480. The fourth-order valence-corrected chi connectivity index (χ4v) is 3.17. The van der Waals surface area contributed by atoms with E-state index in [2.05, 4.69) is 25.8 Å². The van der Waals surface area contributed by atoms with Gasteiger partial charge in [0.25, 0.3) is 0 Å². The molecular weight excluding hydrogens is 280 g/mol. The van der Waals surface area contributed by atoms with Crippen LogP contribution >= 0.6 is 11.3 Å². The first-order valence-corrected chi connectivity index (χ1v) is 9.03. The van der Waals surface area contributed by atoms with Crippen LogP contribution in [0.1, 0.15) is 45.3 Å². The van der Waals surface area contributed by atoms with Gasteiger partial charge >= 0.3 is 0 Å². The van der Waals surface area contributed by atoms with Gasteiger partial charge in [0.1, 0.15) is 0 Å². The van der Waals surface area contributed by atoms with Crippen molar-refractivity contribution in [2.75, 3.05) is 6.26 Å². The van der Waals surface area contributed by atoms with Crippen LogP contribution in [-0.2, 0) is 21.7 Å². The van der Waals surface area contributed by atoms with Gasteiger partial charge in [-0.15, -0.1) is 11.3 Å². The molecule has 1 heterocycles. The minimum atomic E-state index is -3.19. The fourth-order valence-electron chi connectivity index (χ4n) is 1.46. The summed E-state index contributed by atoms with van der Waals surface area (Å²) in [5.74, 6) is 0. The van der Waals surface area contributed by atoms with Crippen molar-refractivity contribution in [1.29, 1.82) is 0 Å². The summed E-state index contributed by atoms with van der Waals surface area (Å²) in [7, 11) is -3.19. The van der Waals surface area contributed by atoms with Gasteiger partial charge in [0, 0.05) is 29.5 Å². The van der Waals surface area contributed by atoms with Crippen LogP contribution in [0.3, 0.4) is 0 Å². The molecule has 1 atom stereocenters. The number of hydrogen-bond acceptors (Lipinski definition) is 5. The van der Waals surface area contributed by atoms with E-state index in [0.717, 1.165) is 10.7 Å². The normalized spacial score (nSPS) is 15.5. The van der Waals surface area contributed by atoms with E-state index in [4.69, 9.17) is 5.73 Å². The maximum atomic E-state index is 11.8. The number of sulfone groups is 1. The Balaban J connectivity index is 2.90. The molecule has 1 aromatic heterocycles. The van der Waals surface area contributed by atoms with E-state index < -0.39 is 20.6 Å². The SMILES string of the molecule is CC(C)(C)c1csc(CC(N)C(C)(C)S(C)(=O)=O)n1. The van der Waals surface area contributed by atoms with Crippen LogP contribution in [0.2, 0.25) is 0 Å². The van der Waals surface area contributed by atoms with Crippen molar-refractivity contribution in [3.63, 3.8) is 0 Å². The molecule has 0 aliphatic rings. The third-order valence-electron chi connectivity index (χ3n) is 3.56. The van der Waals surface area contributed by atoms with E-state index in [0.29, 0.717) is 6.42 Å². The van der Waals surface area contributed by atoms with Gasteiger partial charge in [-0.3, -0.25) is 0 Å². The summed E-state index contributed by atoms with van der Waals surface area (Å²) in [6, 6.07) is -0.457. The topological polar surface area (TPSA) is 73.1 Å². The molecule has 0 bridgehead atoms. The molecule has 0 fully saturated rings. The highest BCUT2D eigenvalue weighted by atomic mass is 32.2. The van der Waals surface area contributed by atoms with Crippen molar-refractivity contribution in [3.05, 3.63) is 16.1 Å². The molecule has 0 amide bonds. The number of nitrogens with zero attached hydrogens (tertiary/aromatic N) is 1. The summed E-state index contributed by atoms with van der Waals surface area (Å²) in [4.78, 5) is 4.56. The Morgan fingerprint density at radius 2 is 1.84 bits per heavy atom. The predicted molar refractivity (Wildman–Crippen MR) is 81.4 cm³/mol. The molecule has 6 heteroatoms. The van der Waals surface area contributed by atoms with Crippen LogP contribution in [0, 0.1) is 0 Å². The van der Waals surface area contributed by atoms with Crippen LogP contribution in [0.5, 0.6) is 0 Å². The molecule has 1 unspecified atom stereocenters. The third-order valence-corrected chi connectivity index (χ3v) is 6.65. The first kappa shape index (κ1) is 16.6. The van der Waals surface area contributed by atoms with Gasteiger partial charge in [-0.25, -0.2) is 13.4 Å². The quantitative estimate of drug-likeness (QED) is 0.925. The Kier molecular flexibility index (Phi) is 4.49. The maximum Gasteiger partial charge on any atom is 0.154 e. The lowest BCUT2D eigenvalue weighted by Gasteiger charge is -2.29. The van der Waals surface area contributed by atoms with Crippen LogP contribution in [0.25, 0.3) is 0 Å². The standard InChI is InChI=1S/C13H24N2O2S2/c1-12(2,3)10-8-18-11(15-10)7-9(14)13(4,5)19(6,16)17/h8-9H,7,14H2,1-6H3. The lowest BCUT2D eigenvalue weighted by atomic mass is 9.93. The Labute approximate surface area is 120 Å². The smallest absolute Gasteiger partial charge is 0.154 e. The van der Waals surface area contributed by atoms with E-state index in [-0.39, 0.29) is 5.41 Å². The van der Waals surface area contributed by atoms with E-state index in [9.17, 15) is 8.42 Å². The maximum absolute atomic E-state index is 11.8. The van der Waals surface area contributed by atoms with Crippen LogP contribution < -0.4 is 5.73 Å². The zero-order valence-electron chi connectivity index (χ0n) is 12.5. The second-order valence-electron chi connectivity index (χ2n) is 6.56. The highest BCUT2D eigenvalue weighted by Crippen LogP contribution is 2.27. The molecule has 110 valence electrons. The molecule has 0 aliphatic heterocycles. The minimum Gasteiger partial charge on any atom is -0.326 e. The van der Waals surface area contributed by atoms with Crippen molar-refractivity contribution >= 4 is 21.2 Å². The average Bonchev–Trinajstić information content (AvgIpc) is 2.63. The Morgan fingerprint density at radius 3 is 2.21 bits per heavy atom. The minimum absolute atomic E-state index is 0.00515. The number of nitrogens with two attached hydrogens (primary N) is 1. The lowest BCUT2D eigenvalue weighted by Crippen LogP contribution is -2.49. The second-order valence-corrected chi connectivity index (χ2v) is 10.1. The first-order chi connectivity index (χ1) is 8.35. The molecule has 4 nitrogen and oxygen atoms in total. The summed E-state index contributed by atoms with van der Waals surface area (Å²) in [5, 5.41) is 2.92. The zero-order chi connectivity index (χ0) is 15.1. The Bertz CT molecular complexity index is 539. The Hall–Kier alpha value is -0.460. The van der Waals surface area contributed by atoms with E-state index in [1.54, 1.807) is 25.2 Å². The van der Waals surface area contributed by atoms with Crippen molar-refractivity contribution < 1.29 is 8.42 Å². The number of aromatic nitrogens is 1. The van der Waals surface area contributed by atoms with Crippen molar-refractivity contribution in [2.45, 2.75) is 57.2 Å². The molecular formula is C13H24N2O2S2. The molecule has 19 heavy (non-hydrogen) atoms. The largest absolute Gasteiger partial charge is 0.326 e. The molecule has 0 aromatic carbocycles. The van der Waals surface area contributed by atoms with Crippen molar-refractivity contribution in [3.8, 4) is 0 Å². The molecule has 1 aromatic rings. The molecule has 0 aliphatic carbocycles. The predicted octanol–water partition coefficient (Wildman–Crippen LogP) is 2.13. The van der Waals surface area contributed by atoms with Crippen molar-refractivity contribution in [1.82, 2.24) is 4.98 Å². The Morgan fingerprint density at radius 1 is 1.32 bits per heavy atom. The summed E-state index contributed by atoms with van der Waals surface area (Å²) in [6.45, 7) is 9.65. The van der Waals surface area contributed by atoms with E-state index in [1.807, 2.05) is 5.38 Å². The van der Waals surface area contributed by atoms with Gasteiger partial charge < -0.3 is 5.73 Å². The molecule has 0 radical (unpaired) electrons. The molecule has 0 saturated carbocycles. The average molecular weight is 304 g/mol. The summed E-state index contributed by atoms with van der Waals surface area (Å²) >= 11 is 1.55.